The van der Waals surface area contributed by atoms with Gasteiger partial charge in [-0.2, -0.15) is 0 Å². The van der Waals surface area contributed by atoms with E-state index in [9.17, 15) is 14.7 Å². The molecule has 0 unspecified atom stereocenters. The summed E-state index contributed by atoms with van der Waals surface area (Å²) < 4.78 is 0. The predicted octanol–water partition coefficient (Wildman–Crippen LogP) is 3.12. The molecule has 3 rings (SSSR count). The molecular weight excluding hydrogens is 390 g/mol. The fourth-order valence-electron chi connectivity index (χ4n) is 3.69. The van der Waals surface area contributed by atoms with Gasteiger partial charge in [0.1, 0.15) is 0 Å². The summed E-state index contributed by atoms with van der Waals surface area (Å²) in [6, 6.07) is 16.2. The van der Waals surface area contributed by atoms with Gasteiger partial charge in [0.15, 0.2) is 0 Å². The zero-order valence-electron chi connectivity index (χ0n) is 18.5. The van der Waals surface area contributed by atoms with E-state index in [-0.39, 0.29) is 25.0 Å². The first-order valence-corrected chi connectivity index (χ1v) is 11.0. The third-order valence-electron chi connectivity index (χ3n) is 5.63. The SMILES string of the molecule is Cc1ccc(C)c(NC(=O)CN(CCC(=O)N(CCO)Cc2ccccc2)C2CC2)c1. The fraction of sp³-hybridized carbons (Fsp3) is 0.440. The molecule has 166 valence electrons. The molecule has 2 aromatic carbocycles. The van der Waals surface area contributed by atoms with Crippen molar-refractivity contribution in [3.05, 3.63) is 65.2 Å². The van der Waals surface area contributed by atoms with Crippen molar-refractivity contribution in [1.82, 2.24) is 9.80 Å². The molecule has 1 aliphatic rings. The molecule has 0 aliphatic heterocycles. The average Bonchev–Trinajstić information content (AvgIpc) is 3.59. The Hall–Kier alpha value is -2.70. The quantitative estimate of drug-likeness (QED) is 0.583. The van der Waals surface area contributed by atoms with Crippen LogP contribution < -0.4 is 5.32 Å². The summed E-state index contributed by atoms with van der Waals surface area (Å²) in [5.74, 6) is -0.0527. The van der Waals surface area contributed by atoms with E-state index in [1.54, 1.807) is 4.90 Å². The van der Waals surface area contributed by atoms with E-state index in [0.29, 0.717) is 32.1 Å². The molecule has 0 bridgehead atoms. The van der Waals surface area contributed by atoms with Gasteiger partial charge in [-0.05, 0) is 49.4 Å². The summed E-state index contributed by atoms with van der Waals surface area (Å²) in [6.45, 7) is 5.54. The molecule has 0 heterocycles. The van der Waals surface area contributed by atoms with Crippen LogP contribution in [-0.4, -0.2) is 59.0 Å². The molecule has 31 heavy (non-hydrogen) atoms. The van der Waals surface area contributed by atoms with Crippen LogP contribution >= 0.6 is 0 Å². The van der Waals surface area contributed by atoms with Crippen molar-refractivity contribution in [2.75, 3.05) is 31.6 Å². The number of anilines is 1. The number of hydrogen-bond acceptors (Lipinski definition) is 4. The molecular formula is C25H33N3O3. The van der Waals surface area contributed by atoms with Crippen molar-refractivity contribution >= 4 is 17.5 Å². The minimum atomic E-state index is -0.0663. The Balaban J connectivity index is 1.55. The monoisotopic (exact) mass is 423 g/mol. The Morgan fingerprint density at radius 2 is 1.81 bits per heavy atom. The number of nitrogens with zero attached hydrogens (tertiary/aromatic N) is 2. The summed E-state index contributed by atoms with van der Waals surface area (Å²) in [7, 11) is 0. The van der Waals surface area contributed by atoms with Crippen molar-refractivity contribution in [1.29, 1.82) is 0 Å². The van der Waals surface area contributed by atoms with Gasteiger partial charge in [0.05, 0.1) is 13.2 Å². The number of carbonyl (C=O) groups excluding carboxylic acids is 2. The van der Waals surface area contributed by atoms with Gasteiger partial charge in [-0.15, -0.1) is 0 Å². The molecule has 1 saturated carbocycles. The van der Waals surface area contributed by atoms with Gasteiger partial charge in [-0.25, -0.2) is 0 Å². The van der Waals surface area contributed by atoms with Crippen molar-refractivity contribution in [3.63, 3.8) is 0 Å². The highest BCUT2D eigenvalue weighted by Crippen LogP contribution is 2.27. The van der Waals surface area contributed by atoms with Crippen LogP contribution in [-0.2, 0) is 16.1 Å². The zero-order chi connectivity index (χ0) is 22.2. The second-order valence-corrected chi connectivity index (χ2v) is 8.34. The minimum Gasteiger partial charge on any atom is -0.395 e. The number of nitrogens with one attached hydrogen (secondary N) is 1. The van der Waals surface area contributed by atoms with E-state index in [1.807, 2.05) is 62.4 Å². The summed E-state index contributed by atoms with van der Waals surface area (Å²) in [6.07, 6.45) is 2.46. The molecule has 0 aromatic heterocycles. The highest BCUT2D eigenvalue weighted by molar-refractivity contribution is 5.93. The molecule has 2 aromatic rings. The van der Waals surface area contributed by atoms with Gasteiger partial charge in [-0.1, -0.05) is 42.5 Å². The van der Waals surface area contributed by atoms with Crippen LogP contribution in [0.2, 0.25) is 0 Å². The molecule has 0 atom stereocenters. The van der Waals surface area contributed by atoms with E-state index >= 15 is 0 Å². The maximum Gasteiger partial charge on any atom is 0.238 e. The lowest BCUT2D eigenvalue weighted by Crippen LogP contribution is -2.39. The number of aliphatic hydroxyl groups excluding tert-OH is 1. The Morgan fingerprint density at radius 1 is 1.06 bits per heavy atom. The third kappa shape index (κ3) is 7.19. The molecule has 1 aliphatic carbocycles. The normalized spacial score (nSPS) is 13.3. The van der Waals surface area contributed by atoms with Crippen molar-refractivity contribution < 1.29 is 14.7 Å². The van der Waals surface area contributed by atoms with Crippen molar-refractivity contribution in [2.45, 2.75) is 45.7 Å². The van der Waals surface area contributed by atoms with Gasteiger partial charge in [0.2, 0.25) is 11.8 Å². The van der Waals surface area contributed by atoms with Crippen LogP contribution in [0.4, 0.5) is 5.69 Å². The maximum absolute atomic E-state index is 12.8. The molecule has 2 amide bonds. The summed E-state index contributed by atoms with van der Waals surface area (Å²) >= 11 is 0. The first-order valence-electron chi connectivity index (χ1n) is 11.0. The number of hydrogen-bond donors (Lipinski definition) is 2. The van der Waals surface area contributed by atoms with Gasteiger partial charge in [0, 0.05) is 37.8 Å². The van der Waals surface area contributed by atoms with E-state index in [2.05, 4.69) is 10.2 Å². The first-order chi connectivity index (χ1) is 15.0. The van der Waals surface area contributed by atoms with Gasteiger partial charge in [-0.3, -0.25) is 14.5 Å². The van der Waals surface area contributed by atoms with Gasteiger partial charge < -0.3 is 15.3 Å². The number of aryl methyl sites for hydroxylation is 2. The van der Waals surface area contributed by atoms with Crippen LogP contribution in [0.3, 0.4) is 0 Å². The Labute approximate surface area is 184 Å². The number of benzene rings is 2. The molecule has 6 nitrogen and oxygen atoms in total. The van der Waals surface area contributed by atoms with E-state index in [0.717, 1.165) is 35.2 Å². The lowest BCUT2D eigenvalue weighted by atomic mass is 10.1. The first kappa shape index (κ1) is 23.0. The second-order valence-electron chi connectivity index (χ2n) is 8.34. The van der Waals surface area contributed by atoms with Gasteiger partial charge in [0.25, 0.3) is 0 Å². The second kappa shape index (κ2) is 11.1. The highest BCUT2D eigenvalue weighted by Gasteiger charge is 2.31. The standard InChI is InChI=1S/C25H33N3O3/c1-19-8-9-20(2)23(16-19)26-24(30)18-27(22-10-11-22)13-12-25(31)28(14-15-29)17-21-6-4-3-5-7-21/h3-9,16,22,29H,10-15,17-18H2,1-2H3,(H,26,30). The van der Waals surface area contributed by atoms with E-state index in [4.69, 9.17) is 0 Å². The van der Waals surface area contributed by atoms with E-state index < -0.39 is 0 Å². The van der Waals surface area contributed by atoms with E-state index in [1.165, 1.54) is 0 Å². The number of rotatable bonds is 11. The Kier molecular flexibility index (Phi) is 8.20. The number of amides is 2. The van der Waals surface area contributed by atoms with Crippen LogP contribution in [0.25, 0.3) is 0 Å². The lowest BCUT2D eigenvalue weighted by molar-refractivity contribution is -0.133. The number of aliphatic hydroxyl groups is 1. The largest absolute Gasteiger partial charge is 0.395 e. The van der Waals surface area contributed by atoms with Gasteiger partial charge >= 0.3 is 0 Å². The maximum atomic E-state index is 12.8. The minimum absolute atomic E-state index is 0.00140. The molecule has 0 saturated heterocycles. The van der Waals surface area contributed by atoms with Crippen LogP contribution in [0.5, 0.6) is 0 Å². The molecule has 2 N–H and O–H groups in total. The molecule has 6 heteroatoms. The van der Waals surface area contributed by atoms with Crippen molar-refractivity contribution in [3.8, 4) is 0 Å². The number of carbonyl (C=O) groups is 2. The van der Waals surface area contributed by atoms with Crippen molar-refractivity contribution in [2.24, 2.45) is 0 Å². The summed E-state index contributed by atoms with van der Waals surface area (Å²) in [4.78, 5) is 29.3. The third-order valence-corrected chi connectivity index (χ3v) is 5.63. The zero-order valence-corrected chi connectivity index (χ0v) is 18.5. The molecule has 0 radical (unpaired) electrons. The fourth-order valence-corrected chi connectivity index (χ4v) is 3.69. The Bertz CT molecular complexity index is 881. The molecule has 1 fully saturated rings. The Morgan fingerprint density at radius 3 is 2.48 bits per heavy atom. The summed E-state index contributed by atoms with van der Waals surface area (Å²) in [5.41, 5.74) is 4.02. The lowest BCUT2D eigenvalue weighted by Gasteiger charge is -2.25. The smallest absolute Gasteiger partial charge is 0.238 e. The highest BCUT2D eigenvalue weighted by atomic mass is 16.3. The van der Waals surface area contributed by atoms with Crippen LogP contribution in [0.15, 0.2) is 48.5 Å². The predicted molar refractivity (Wildman–Crippen MR) is 123 cm³/mol. The topological polar surface area (TPSA) is 72.9 Å². The summed E-state index contributed by atoms with van der Waals surface area (Å²) in [5, 5.41) is 12.4. The van der Waals surface area contributed by atoms with Crippen LogP contribution in [0, 0.1) is 13.8 Å². The average molecular weight is 424 g/mol. The molecule has 0 spiro atoms. The van der Waals surface area contributed by atoms with Crippen LogP contribution in [0.1, 0.15) is 36.0 Å².